The number of anilines is 1. The lowest BCUT2D eigenvalue weighted by atomic mass is 9.72. The Morgan fingerprint density at radius 2 is 1.80 bits per heavy atom. The number of likely N-dealkylation sites (tertiary alicyclic amines) is 1. The van der Waals surface area contributed by atoms with Crippen molar-refractivity contribution in [2.45, 2.75) is 39.2 Å². The molecule has 1 spiro atoms. The number of carbonyl (C=O) groups excluding carboxylic acids is 1. The number of nitrogens with zero attached hydrogens (tertiary/aromatic N) is 3. The molecule has 0 aromatic heterocycles. The fourth-order valence-corrected chi connectivity index (χ4v) is 3.64. The molecular formula is C18H25N3O4. The van der Waals surface area contributed by atoms with E-state index in [0.717, 1.165) is 25.9 Å². The first kappa shape index (κ1) is 17.5. The van der Waals surface area contributed by atoms with E-state index in [0.29, 0.717) is 18.8 Å². The lowest BCUT2D eigenvalue weighted by Gasteiger charge is -2.53. The van der Waals surface area contributed by atoms with Gasteiger partial charge in [0, 0.05) is 37.7 Å². The monoisotopic (exact) mass is 347 g/mol. The molecule has 2 fully saturated rings. The van der Waals surface area contributed by atoms with Crippen molar-refractivity contribution in [2.24, 2.45) is 5.41 Å². The smallest absolute Gasteiger partial charge is 0.410 e. The van der Waals surface area contributed by atoms with E-state index in [1.54, 1.807) is 17.0 Å². The molecule has 25 heavy (non-hydrogen) atoms. The number of nitro benzene ring substituents is 1. The van der Waals surface area contributed by atoms with E-state index in [1.165, 1.54) is 0 Å². The Kier molecular flexibility index (Phi) is 4.34. The number of rotatable bonds is 2. The predicted octanol–water partition coefficient (Wildman–Crippen LogP) is 3.43. The minimum Gasteiger partial charge on any atom is -0.444 e. The van der Waals surface area contributed by atoms with E-state index in [-0.39, 0.29) is 22.1 Å². The van der Waals surface area contributed by atoms with Gasteiger partial charge in [0.2, 0.25) is 0 Å². The van der Waals surface area contributed by atoms with Crippen molar-refractivity contribution in [2.75, 3.05) is 31.1 Å². The highest BCUT2D eigenvalue weighted by molar-refractivity contribution is 5.69. The van der Waals surface area contributed by atoms with Crippen molar-refractivity contribution in [3.05, 3.63) is 34.4 Å². The van der Waals surface area contributed by atoms with Gasteiger partial charge in [-0.1, -0.05) is 12.1 Å². The van der Waals surface area contributed by atoms with Crippen molar-refractivity contribution in [3.63, 3.8) is 0 Å². The summed E-state index contributed by atoms with van der Waals surface area (Å²) < 4.78 is 5.41. The van der Waals surface area contributed by atoms with Crippen LogP contribution in [0.5, 0.6) is 0 Å². The van der Waals surface area contributed by atoms with Crippen molar-refractivity contribution in [1.29, 1.82) is 0 Å². The normalized spacial score (nSPS) is 19.5. The minimum absolute atomic E-state index is 0.136. The molecular weight excluding hydrogens is 322 g/mol. The van der Waals surface area contributed by atoms with Crippen molar-refractivity contribution in [3.8, 4) is 0 Å². The third kappa shape index (κ3) is 3.70. The highest BCUT2D eigenvalue weighted by Crippen LogP contribution is 2.43. The maximum atomic E-state index is 12.1. The number of nitro groups is 1. The lowest BCUT2D eigenvalue weighted by Crippen LogP contribution is -2.62. The van der Waals surface area contributed by atoms with Crippen LogP contribution in [0.4, 0.5) is 16.2 Å². The Bertz CT molecular complexity index is 667. The zero-order valence-electron chi connectivity index (χ0n) is 15.0. The molecule has 0 saturated carbocycles. The van der Waals surface area contributed by atoms with Gasteiger partial charge in [0.25, 0.3) is 5.69 Å². The lowest BCUT2D eigenvalue weighted by molar-refractivity contribution is -0.384. The van der Waals surface area contributed by atoms with Gasteiger partial charge in [-0.15, -0.1) is 0 Å². The molecule has 2 aliphatic rings. The van der Waals surface area contributed by atoms with Crippen molar-refractivity contribution >= 4 is 17.5 Å². The summed E-state index contributed by atoms with van der Waals surface area (Å²) in [5.41, 5.74) is 0.500. The molecule has 1 aromatic rings. The van der Waals surface area contributed by atoms with Crippen LogP contribution in [0.25, 0.3) is 0 Å². The molecule has 7 nitrogen and oxygen atoms in total. The van der Waals surface area contributed by atoms with E-state index in [9.17, 15) is 14.9 Å². The number of piperidine rings is 1. The zero-order valence-corrected chi connectivity index (χ0v) is 15.0. The summed E-state index contributed by atoms with van der Waals surface area (Å²) in [5.74, 6) is 0. The molecule has 0 N–H and O–H groups in total. The number of hydrogen-bond donors (Lipinski definition) is 0. The second kappa shape index (κ2) is 6.20. The topological polar surface area (TPSA) is 75.9 Å². The summed E-state index contributed by atoms with van der Waals surface area (Å²) in [6.07, 6.45) is 1.61. The molecule has 7 heteroatoms. The van der Waals surface area contributed by atoms with Crippen LogP contribution >= 0.6 is 0 Å². The quantitative estimate of drug-likeness (QED) is 0.605. The van der Waals surface area contributed by atoms with Crippen LogP contribution in [-0.2, 0) is 4.74 Å². The first-order chi connectivity index (χ1) is 11.7. The molecule has 0 radical (unpaired) electrons. The minimum atomic E-state index is -0.477. The SMILES string of the molecule is CC(C)(C)OC(=O)N1CC2(CCN(c3ccccc3[N+](=O)[O-])CC2)C1. The Balaban J connectivity index is 1.57. The average Bonchev–Trinajstić information content (AvgIpc) is 2.51. The number of amides is 1. The van der Waals surface area contributed by atoms with Crippen LogP contribution in [0.1, 0.15) is 33.6 Å². The molecule has 2 saturated heterocycles. The largest absolute Gasteiger partial charge is 0.444 e. The molecule has 2 aliphatic heterocycles. The molecule has 0 atom stereocenters. The third-order valence-electron chi connectivity index (χ3n) is 4.95. The molecule has 0 unspecified atom stereocenters. The van der Waals surface area contributed by atoms with Crippen molar-refractivity contribution < 1.29 is 14.5 Å². The summed E-state index contributed by atoms with van der Waals surface area (Å²) in [6, 6.07) is 6.88. The van der Waals surface area contributed by atoms with E-state index in [4.69, 9.17) is 4.74 Å². The summed E-state index contributed by atoms with van der Waals surface area (Å²) in [7, 11) is 0. The summed E-state index contributed by atoms with van der Waals surface area (Å²) >= 11 is 0. The van der Waals surface area contributed by atoms with Crippen LogP contribution in [-0.4, -0.2) is 47.7 Å². The Labute approximate surface area is 147 Å². The fraction of sp³-hybridized carbons (Fsp3) is 0.611. The van der Waals surface area contributed by atoms with Crippen LogP contribution in [0, 0.1) is 15.5 Å². The molecule has 3 rings (SSSR count). The maximum absolute atomic E-state index is 12.1. The molecule has 2 heterocycles. The molecule has 136 valence electrons. The second-order valence-electron chi connectivity index (χ2n) is 8.07. The summed E-state index contributed by atoms with van der Waals surface area (Å²) in [5, 5.41) is 11.2. The summed E-state index contributed by atoms with van der Waals surface area (Å²) in [4.78, 5) is 26.8. The van der Waals surface area contributed by atoms with Gasteiger partial charge in [0.1, 0.15) is 11.3 Å². The maximum Gasteiger partial charge on any atom is 0.410 e. The van der Waals surface area contributed by atoms with Crippen LogP contribution in [0.2, 0.25) is 0 Å². The van der Waals surface area contributed by atoms with Gasteiger partial charge >= 0.3 is 6.09 Å². The Morgan fingerprint density at radius 3 is 2.36 bits per heavy atom. The highest BCUT2D eigenvalue weighted by atomic mass is 16.6. The number of carbonyl (C=O) groups is 1. The highest BCUT2D eigenvalue weighted by Gasteiger charge is 2.48. The van der Waals surface area contributed by atoms with Gasteiger partial charge in [-0.3, -0.25) is 10.1 Å². The molecule has 1 aromatic carbocycles. The van der Waals surface area contributed by atoms with Gasteiger partial charge < -0.3 is 14.5 Å². The van der Waals surface area contributed by atoms with Gasteiger partial charge in [-0.25, -0.2) is 4.79 Å². The molecule has 0 aliphatic carbocycles. The number of para-hydroxylation sites is 2. The van der Waals surface area contributed by atoms with Crippen LogP contribution in [0.15, 0.2) is 24.3 Å². The predicted molar refractivity (Wildman–Crippen MR) is 94.8 cm³/mol. The van der Waals surface area contributed by atoms with Gasteiger partial charge in [0.05, 0.1) is 4.92 Å². The standard InChI is InChI=1S/C18H25N3O4/c1-17(2,3)25-16(22)20-12-18(13-20)8-10-19(11-9-18)14-6-4-5-7-15(14)21(23)24/h4-7H,8-13H2,1-3H3. The first-order valence-electron chi connectivity index (χ1n) is 8.65. The van der Waals surface area contributed by atoms with E-state index in [2.05, 4.69) is 4.90 Å². The third-order valence-corrected chi connectivity index (χ3v) is 4.95. The van der Waals surface area contributed by atoms with Crippen LogP contribution in [0.3, 0.4) is 0 Å². The van der Waals surface area contributed by atoms with E-state index >= 15 is 0 Å². The molecule has 0 bridgehead atoms. The van der Waals surface area contributed by atoms with E-state index in [1.807, 2.05) is 32.9 Å². The van der Waals surface area contributed by atoms with Crippen LogP contribution < -0.4 is 4.90 Å². The fourth-order valence-electron chi connectivity index (χ4n) is 3.64. The Morgan fingerprint density at radius 1 is 1.20 bits per heavy atom. The zero-order chi connectivity index (χ0) is 18.2. The van der Waals surface area contributed by atoms with Gasteiger partial charge in [0.15, 0.2) is 0 Å². The second-order valence-corrected chi connectivity index (χ2v) is 8.07. The van der Waals surface area contributed by atoms with Gasteiger partial charge in [-0.05, 0) is 39.7 Å². The molecule has 1 amide bonds. The number of hydrogen-bond acceptors (Lipinski definition) is 5. The Hall–Kier alpha value is -2.31. The van der Waals surface area contributed by atoms with Crippen molar-refractivity contribution in [1.82, 2.24) is 4.90 Å². The average molecular weight is 347 g/mol. The number of benzene rings is 1. The first-order valence-corrected chi connectivity index (χ1v) is 8.65. The summed E-state index contributed by atoms with van der Waals surface area (Å²) in [6.45, 7) is 8.57. The van der Waals surface area contributed by atoms with Gasteiger partial charge in [-0.2, -0.15) is 0 Å². The number of ether oxygens (including phenoxy) is 1. The van der Waals surface area contributed by atoms with E-state index < -0.39 is 5.60 Å².